The highest BCUT2D eigenvalue weighted by Crippen LogP contribution is 1.98. The minimum atomic E-state index is -0.00704. The summed E-state index contributed by atoms with van der Waals surface area (Å²) in [7, 11) is 0. The number of hydrogen-bond acceptors (Lipinski definition) is 2. The number of ketones is 1. The van der Waals surface area contributed by atoms with Crippen LogP contribution < -0.4 is 5.73 Å². The Morgan fingerprint density at radius 3 is 2.11 bits per heavy atom. The lowest BCUT2D eigenvalue weighted by Gasteiger charge is -1.95. The van der Waals surface area contributed by atoms with Gasteiger partial charge in [0.25, 0.3) is 0 Å². The molecule has 2 N–H and O–H groups in total. The molecule has 0 aromatic rings. The maximum Gasteiger partial charge on any atom is 0.157 e. The Kier molecular flexibility index (Phi) is 2.71. The zero-order chi connectivity index (χ0) is 7.44. The molecule has 0 rings (SSSR count). The van der Waals surface area contributed by atoms with Crippen molar-refractivity contribution >= 4 is 5.78 Å². The van der Waals surface area contributed by atoms with Crippen molar-refractivity contribution in [2.24, 2.45) is 5.73 Å². The van der Waals surface area contributed by atoms with Crippen molar-refractivity contribution in [3.8, 4) is 0 Å². The number of Topliss-reactive ketones (excluding diaryl/α,β-unsaturated/α-hetero) is 1. The SMILES string of the molecule is C=C/C(N)=C(\C)C(C)=O. The van der Waals surface area contributed by atoms with E-state index in [1.807, 2.05) is 0 Å². The normalized spacial score (nSPS) is 12.2. The molecule has 0 unspecified atom stereocenters. The second kappa shape index (κ2) is 3.07. The van der Waals surface area contributed by atoms with E-state index in [2.05, 4.69) is 6.58 Å². The van der Waals surface area contributed by atoms with E-state index in [1.165, 1.54) is 13.0 Å². The number of nitrogens with two attached hydrogens (primary N) is 1. The monoisotopic (exact) mass is 125 g/mol. The lowest BCUT2D eigenvalue weighted by Crippen LogP contribution is -2.02. The molecule has 0 atom stereocenters. The molecule has 0 amide bonds. The van der Waals surface area contributed by atoms with Crippen LogP contribution in [0, 0.1) is 0 Å². The Labute approximate surface area is 55.1 Å². The van der Waals surface area contributed by atoms with Crippen molar-refractivity contribution in [1.29, 1.82) is 0 Å². The molecular formula is C7H11NO. The number of carbonyl (C=O) groups excluding carboxylic acids is 1. The average molecular weight is 125 g/mol. The Balaban J connectivity index is 4.47. The Morgan fingerprint density at radius 2 is 2.00 bits per heavy atom. The number of rotatable bonds is 2. The van der Waals surface area contributed by atoms with Gasteiger partial charge in [0.05, 0.1) is 0 Å². The quantitative estimate of drug-likeness (QED) is 0.442. The third-order valence-electron chi connectivity index (χ3n) is 1.18. The predicted molar refractivity (Wildman–Crippen MR) is 37.8 cm³/mol. The third kappa shape index (κ3) is 2.13. The third-order valence-corrected chi connectivity index (χ3v) is 1.18. The molecule has 0 radical (unpaired) electrons. The summed E-state index contributed by atoms with van der Waals surface area (Å²) in [5.74, 6) is -0.00704. The predicted octanol–water partition coefficient (Wildman–Crippen LogP) is 0.994. The summed E-state index contributed by atoms with van der Waals surface area (Å²) < 4.78 is 0. The van der Waals surface area contributed by atoms with E-state index in [0.717, 1.165) is 0 Å². The van der Waals surface area contributed by atoms with Gasteiger partial charge in [0, 0.05) is 11.3 Å². The van der Waals surface area contributed by atoms with Crippen molar-refractivity contribution in [1.82, 2.24) is 0 Å². The highest BCUT2D eigenvalue weighted by atomic mass is 16.1. The topological polar surface area (TPSA) is 43.1 Å². The molecule has 50 valence electrons. The van der Waals surface area contributed by atoms with Gasteiger partial charge in [-0.15, -0.1) is 0 Å². The first-order valence-corrected chi connectivity index (χ1v) is 2.69. The van der Waals surface area contributed by atoms with Crippen LogP contribution in [0.4, 0.5) is 0 Å². The van der Waals surface area contributed by atoms with Gasteiger partial charge in [-0.05, 0) is 19.9 Å². The lowest BCUT2D eigenvalue weighted by molar-refractivity contribution is -0.113. The van der Waals surface area contributed by atoms with Crippen molar-refractivity contribution in [3.63, 3.8) is 0 Å². The summed E-state index contributed by atoms with van der Waals surface area (Å²) in [6.45, 7) is 6.59. The first-order chi connectivity index (χ1) is 4.09. The molecule has 0 fully saturated rings. The van der Waals surface area contributed by atoms with E-state index in [-0.39, 0.29) is 5.78 Å². The van der Waals surface area contributed by atoms with Crippen molar-refractivity contribution in [2.75, 3.05) is 0 Å². The minimum absolute atomic E-state index is 0.00704. The van der Waals surface area contributed by atoms with Crippen LogP contribution in [0.2, 0.25) is 0 Å². The van der Waals surface area contributed by atoms with Crippen LogP contribution in [0.5, 0.6) is 0 Å². The molecular weight excluding hydrogens is 114 g/mol. The zero-order valence-corrected chi connectivity index (χ0v) is 5.77. The van der Waals surface area contributed by atoms with Gasteiger partial charge in [0.15, 0.2) is 5.78 Å². The number of hydrogen-bond donors (Lipinski definition) is 1. The van der Waals surface area contributed by atoms with Crippen LogP contribution in [0.1, 0.15) is 13.8 Å². The van der Waals surface area contributed by atoms with E-state index in [0.29, 0.717) is 11.3 Å². The molecule has 9 heavy (non-hydrogen) atoms. The van der Waals surface area contributed by atoms with Crippen LogP contribution in [0.25, 0.3) is 0 Å². The fourth-order valence-corrected chi connectivity index (χ4v) is 0.356. The van der Waals surface area contributed by atoms with Crippen molar-refractivity contribution in [2.45, 2.75) is 13.8 Å². The van der Waals surface area contributed by atoms with E-state index in [9.17, 15) is 4.79 Å². The van der Waals surface area contributed by atoms with Crippen molar-refractivity contribution in [3.05, 3.63) is 23.9 Å². The fraction of sp³-hybridized carbons (Fsp3) is 0.286. The first-order valence-electron chi connectivity index (χ1n) is 2.69. The zero-order valence-electron chi connectivity index (χ0n) is 5.77. The highest BCUT2D eigenvalue weighted by Gasteiger charge is 1.97. The number of allylic oxidation sites excluding steroid dienone is 2. The smallest absolute Gasteiger partial charge is 0.157 e. The second-order valence-electron chi connectivity index (χ2n) is 1.84. The van der Waals surface area contributed by atoms with Crippen LogP contribution in [0.3, 0.4) is 0 Å². The Hall–Kier alpha value is -1.05. The van der Waals surface area contributed by atoms with Crippen molar-refractivity contribution < 1.29 is 4.79 Å². The standard InChI is InChI=1S/C7H11NO/c1-4-7(8)5(2)6(3)9/h4H,1,8H2,2-3H3/b7-5-. The molecule has 0 spiro atoms. The van der Waals surface area contributed by atoms with Crippen LogP contribution in [-0.4, -0.2) is 5.78 Å². The maximum absolute atomic E-state index is 10.6. The molecule has 2 heteroatoms. The van der Waals surface area contributed by atoms with Gasteiger partial charge in [-0.25, -0.2) is 0 Å². The molecule has 0 aliphatic rings. The Bertz CT molecular complexity index is 168. The van der Waals surface area contributed by atoms with Gasteiger partial charge in [-0.3, -0.25) is 4.79 Å². The summed E-state index contributed by atoms with van der Waals surface area (Å²) in [6.07, 6.45) is 1.47. The summed E-state index contributed by atoms with van der Waals surface area (Å²) in [6, 6.07) is 0. The van der Waals surface area contributed by atoms with E-state index >= 15 is 0 Å². The van der Waals surface area contributed by atoms with E-state index < -0.39 is 0 Å². The molecule has 0 heterocycles. The molecule has 2 nitrogen and oxygen atoms in total. The summed E-state index contributed by atoms with van der Waals surface area (Å²) in [5, 5.41) is 0. The molecule has 0 saturated carbocycles. The van der Waals surface area contributed by atoms with Crippen LogP contribution in [0.15, 0.2) is 23.9 Å². The van der Waals surface area contributed by atoms with Gasteiger partial charge in [0.1, 0.15) is 0 Å². The number of carbonyl (C=O) groups is 1. The lowest BCUT2D eigenvalue weighted by atomic mass is 10.2. The fourth-order valence-electron chi connectivity index (χ4n) is 0.356. The van der Waals surface area contributed by atoms with Gasteiger partial charge in [0.2, 0.25) is 0 Å². The summed E-state index contributed by atoms with van der Waals surface area (Å²) >= 11 is 0. The van der Waals surface area contributed by atoms with Gasteiger partial charge in [-0.2, -0.15) is 0 Å². The largest absolute Gasteiger partial charge is 0.398 e. The van der Waals surface area contributed by atoms with Crippen LogP contribution >= 0.6 is 0 Å². The first kappa shape index (κ1) is 7.95. The molecule has 0 aromatic carbocycles. The Morgan fingerprint density at radius 1 is 1.56 bits per heavy atom. The highest BCUT2D eigenvalue weighted by molar-refractivity contribution is 5.93. The molecule has 0 aliphatic heterocycles. The average Bonchev–Trinajstić information content (AvgIpc) is 1.84. The van der Waals surface area contributed by atoms with Gasteiger partial charge in [-0.1, -0.05) is 6.58 Å². The minimum Gasteiger partial charge on any atom is -0.398 e. The van der Waals surface area contributed by atoms with Gasteiger partial charge < -0.3 is 5.73 Å². The summed E-state index contributed by atoms with van der Waals surface area (Å²) in [5.41, 5.74) is 6.39. The van der Waals surface area contributed by atoms with E-state index in [4.69, 9.17) is 5.73 Å². The molecule has 0 saturated heterocycles. The second-order valence-corrected chi connectivity index (χ2v) is 1.84. The van der Waals surface area contributed by atoms with E-state index in [1.54, 1.807) is 6.92 Å². The molecule has 0 aliphatic carbocycles. The molecule has 0 bridgehead atoms. The van der Waals surface area contributed by atoms with Gasteiger partial charge >= 0.3 is 0 Å². The maximum atomic E-state index is 10.6. The molecule has 0 aromatic heterocycles. The summed E-state index contributed by atoms with van der Waals surface area (Å²) in [4.78, 5) is 10.6. The van der Waals surface area contributed by atoms with Crippen LogP contribution in [-0.2, 0) is 4.79 Å².